The van der Waals surface area contributed by atoms with E-state index in [1.165, 1.54) is 33.4 Å². The highest BCUT2D eigenvalue weighted by atomic mass is 16.6. The Morgan fingerprint density at radius 3 is 1.17 bits per heavy atom. The molecule has 0 bridgehead atoms. The van der Waals surface area contributed by atoms with Gasteiger partial charge in [-0.25, -0.2) is 14.4 Å². The van der Waals surface area contributed by atoms with Crippen LogP contribution < -0.4 is 0 Å². The van der Waals surface area contributed by atoms with E-state index in [2.05, 4.69) is 72.2 Å². The molecule has 1 aromatic carbocycles. The van der Waals surface area contributed by atoms with Gasteiger partial charge >= 0.3 is 29.8 Å². The van der Waals surface area contributed by atoms with E-state index in [1.807, 2.05) is 83.1 Å². The first-order chi connectivity index (χ1) is 39.3. The lowest BCUT2D eigenvalue weighted by atomic mass is 9.75. The molecule has 18 heteroatoms. The maximum atomic E-state index is 14.6. The third kappa shape index (κ3) is 17.0. The average molecular weight is 1210 g/mol. The van der Waals surface area contributed by atoms with Gasteiger partial charge in [-0.1, -0.05) is 32.6 Å². The van der Waals surface area contributed by atoms with Crippen molar-refractivity contribution < 1.29 is 63.3 Å². The van der Waals surface area contributed by atoms with Gasteiger partial charge in [-0.2, -0.15) is 15.2 Å². The molecule has 1 aromatic rings. The number of piperidine rings is 5. The highest BCUT2D eigenvalue weighted by molar-refractivity contribution is 6.00. The summed E-state index contributed by atoms with van der Waals surface area (Å²) in [7, 11) is 2.15. The largest absolute Gasteiger partial charge is 0.462 e. The van der Waals surface area contributed by atoms with Crippen LogP contribution in [0.15, 0.2) is 18.2 Å². The van der Waals surface area contributed by atoms with Crippen molar-refractivity contribution >= 4 is 29.8 Å². The van der Waals surface area contributed by atoms with E-state index in [-0.39, 0.29) is 75.3 Å². The predicted molar refractivity (Wildman–Crippen MR) is 331 cm³/mol. The molecule has 0 saturated carbocycles. The number of nitrogens with zero attached hydrogens (tertiary/aromatic N) is 5. The van der Waals surface area contributed by atoms with Crippen LogP contribution >= 0.6 is 0 Å². The van der Waals surface area contributed by atoms with Crippen molar-refractivity contribution in [1.29, 1.82) is 0 Å². The molecule has 3 atom stereocenters. The van der Waals surface area contributed by atoms with Crippen molar-refractivity contribution in [2.24, 2.45) is 5.92 Å². The van der Waals surface area contributed by atoms with Gasteiger partial charge in [-0.05, 0) is 182 Å². The number of carbonyl (C=O) groups is 5. The second kappa shape index (κ2) is 26.2. The third-order valence-electron chi connectivity index (χ3n) is 20.5. The van der Waals surface area contributed by atoms with Crippen molar-refractivity contribution in [1.82, 2.24) is 25.0 Å². The molecule has 5 aliphatic heterocycles. The third-order valence-corrected chi connectivity index (χ3v) is 20.5. The Balaban J connectivity index is 1.06. The number of carbonyl (C=O) groups excluding carboxylic acids is 5. The van der Waals surface area contributed by atoms with Crippen LogP contribution in [0.25, 0.3) is 0 Å². The second-order valence-electron chi connectivity index (χ2n) is 32.7. The van der Waals surface area contributed by atoms with Crippen LogP contribution in [0.3, 0.4) is 0 Å². The fraction of sp³-hybridized carbons (Fsp3) is 0.838. The van der Waals surface area contributed by atoms with Crippen LogP contribution in [0.2, 0.25) is 0 Å². The molecular weight excluding hydrogens is 1090 g/mol. The molecule has 18 nitrogen and oxygen atoms in total. The van der Waals surface area contributed by atoms with E-state index >= 15 is 0 Å². The van der Waals surface area contributed by atoms with Crippen molar-refractivity contribution in [2.45, 2.75) is 346 Å². The summed E-state index contributed by atoms with van der Waals surface area (Å²) in [5.41, 5.74) is -5.47. The monoisotopic (exact) mass is 1210 g/mol. The lowest BCUT2D eigenvalue weighted by molar-refractivity contribution is -0.266. The SMILES string of the molecule is CCC(CCCCCCCC(=O)OC1CC(C)(C)N(C)C(C)(C)C1)C(=O)OC1CC(C)(C)N(CCC2(C)CC(OC(=O)c3cc(C(=O)OC4CC(C)(C)N(O)C(C)(C)C4)cc(C(=O)OC4CC(C)(C)N(O)C(C)(C)C4)c3)CC(C)(C)N2O)C(C)(C)C1. The summed E-state index contributed by atoms with van der Waals surface area (Å²) in [5, 5.41) is 38.0. The molecule has 0 amide bonds. The Kier molecular flexibility index (Phi) is 21.8. The lowest BCUT2D eigenvalue weighted by Gasteiger charge is -2.57. The average Bonchev–Trinajstić information content (AvgIpc) is 0.869. The minimum absolute atomic E-state index is 0.0319. The highest BCUT2D eigenvalue weighted by Crippen LogP contribution is 2.46. The Bertz CT molecular complexity index is 2430. The van der Waals surface area contributed by atoms with Crippen LogP contribution in [-0.2, 0) is 33.3 Å². The van der Waals surface area contributed by atoms with E-state index in [0.29, 0.717) is 70.8 Å². The summed E-state index contributed by atoms with van der Waals surface area (Å²) in [6, 6.07) is 4.15. The Morgan fingerprint density at radius 1 is 0.442 bits per heavy atom. The smallest absolute Gasteiger partial charge is 0.338 e. The van der Waals surface area contributed by atoms with Gasteiger partial charge in [0.05, 0.1) is 22.6 Å². The summed E-state index contributed by atoms with van der Waals surface area (Å²) < 4.78 is 30.9. The maximum Gasteiger partial charge on any atom is 0.338 e. The van der Waals surface area contributed by atoms with Crippen LogP contribution in [0.5, 0.6) is 0 Å². The number of rotatable bonds is 21. The maximum absolute atomic E-state index is 14.6. The van der Waals surface area contributed by atoms with Gasteiger partial charge < -0.3 is 39.3 Å². The standard InChI is InChI=1S/C68H115N5O13/c1-22-45(28-26-24-23-25-27-29-54(74)82-49-35-59(2,3)69(21)60(4,5)36-49)55(75)83-50-37-61(6,7)70(62(8,9)38-50)31-30-68(20)44-53(43-67(18,19)73(68)81)86-58(78)48-33-46(56(76)84-51-39-63(10,11)71(79)64(12,13)40-51)32-47(34-48)57(77)85-52-41-65(14,15)72(80)66(16,17)42-52/h32-34,45,49-53,79-81H,22-31,35-44H2,1-21H3. The minimum atomic E-state index is -0.859. The van der Waals surface area contributed by atoms with E-state index in [0.717, 1.165) is 51.4 Å². The molecule has 5 aliphatic rings. The molecule has 490 valence electrons. The van der Waals surface area contributed by atoms with E-state index in [1.54, 1.807) is 0 Å². The number of hydrogen-bond acceptors (Lipinski definition) is 18. The van der Waals surface area contributed by atoms with Crippen LogP contribution in [0, 0.1) is 5.92 Å². The van der Waals surface area contributed by atoms with Gasteiger partial charge in [-0.15, -0.1) is 0 Å². The van der Waals surface area contributed by atoms with Crippen molar-refractivity contribution in [3.8, 4) is 0 Å². The van der Waals surface area contributed by atoms with E-state index in [9.17, 15) is 39.6 Å². The summed E-state index contributed by atoms with van der Waals surface area (Å²) in [6.07, 6.45) is 9.77. The van der Waals surface area contributed by atoms with Gasteiger partial charge in [0.1, 0.15) is 30.5 Å². The quantitative estimate of drug-likeness (QED) is 0.0594. The van der Waals surface area contributed by atoms with Crippen LogP contribution in [0.4, 0.5) is 0 Å². The van der Waals surface area contributed by atoms with Gasteiger partial charge in [0.25, 0.3) is 0 Å². The predicted octanol–water partition coefficient (Wildman–Crippen LogP) is 13.3. The minimum Gasteiger partial charge on any atom is -0.462 e. The molecular formula is C68H115N5O13. The van der Waals surface area contributed by atoms with Crippen molar-refractivity contribution in [2.75, 3.05) is 13.6 Å². The lowest BCUT2D eigenvalue weighted by Crippen LogP contribution is -2.66. The Morgan fingerprint density at radius 2 is 0.767 bits per heavy atom. The summed E-state index contributed by atoms with van der Waals surface area (Å²) >= 11 is 0. The molecule has 86 heavy (non-hydrogen) atoms. The van der Waals surface area contributed by atoms with E-state index < -0.39 is 69.5 Å². The molecule has 0 aliphatic carbocycles. The number of benzene rings is 1. The fourth-order valence-electron chi connectivity index (χ4n) is 16.3. The van der Waals surface area contributed by atoms with Crippen molar-refractivity contribution in [3.63, 3.8) is 0 Å². The molecule has 5 heterocycles. The highest BCUT2D eigenvalue weighted by Gasteiger charge is 2.53. The molecule has 5 fully saturated rings. The zero-order valence-electron chi connectivity index (χ0n) is 57.0. The van der Waals surface area contributed by atoms with Gasteiger partial charge in [0, 0.05) is 133 Å². The molecule has 3 unspecified atom stereocenters. The molecule has 3 N–H and O–H groups in total. The number of hydroxylamine groups is 6. The number of esters is 5. The number of unbranched alkanes of at least 4 members (excludes halogenated alkanes) is 4. The van der Waals surface area contributed by atoms with Crippen molar-refractivity contribution in [3.05, 3.63) is 34.9 Å². The molecule has 5 saturated heterocycles. The first kappa shape index (κ1) is 71.3. The van der Waals surface area contributed by atoms with Crippen LogP contribution in [-0.4, -0.2) is 170 Å². The fourth-order valence-corrected chi connectivity index (χ4v) is 16.3. The number of hydrogen-bond donors (Lipinski definition) is 3. The first-order valence-corrected chi connectivity index (χ1v) is 32.4. The van der Waals surface area contributed by atoms with Crippen LogP contribution in [0.1, 0.15) is 292 Å². The zero-order valence-corrected chi connectivity index (χ0v) is 57.0. The number of likely N-dealkylation sites (tertiary alicyclic amines) is 2. The summed E-state index contributed by atoms with van der Waals surface area (Å²) in [6.45, 7) is 41.0. The zero-order chi connectivity index (χ0) is 64.8. The van der Waals surface area contributed by atoms with Gasteiger partial charge in [-0.3, -0.25) is 19.4 Å². The van der Waals surface area contributed by atoms with E-state index in [4.69, 9.17) is 23.7 Å². The second-order valence-corrected chi connectivity index (χ2v) is 32.7. The normalized spacial score (nSPS) is 27.4. The Hall–Kier alpha value is -3.75. The Labute approximate surface area is 516 Å². The molecule has 0 spiro atoms. The first-order valence-electron chi connectivity index (χ1n) is 32.4. The molecule has 0 aromatic heterocycles. The van der Waals surface area contributed by atoms with Gasteiger partial charge in [0.2, 0.25) is 0 Å². The number of ether oxygens (including phenoxy) is 5. The molecule has 6 rings (SSSR count). The summed E-state index contributed by atoms with van der Waals surface area (Å²) in [5.74, 6) is -2.66. The van der Waals surface area contributed by atoms with Gasteiger partial charge in [0.15, 0.2) is 0 Å². The summed E-state index contributed by atoms with van der Waals surface area (Å²) in [4.78, 5) is 74.5. The molecule has 0 radical (unpaired) electrons. The topological polar surface area (TPSA) is 208 Å².